The molecular weight excluding hydrogens is 164 g/mol. The molecule has 0 aromatic heterocycles. The Hall–Kier alpha value is 0.210. The number of ether oxygens (including phenoxy) is 2. The van der Waals surface area contributed by atoms with Gasteiger partial charge in [0.05, 0.1) is 13.2 Å². The minimum atomic E-state index is 0.218. The van der Waals surface area contributed by atoms with Crippen molar-refractivity contribution in [2.24, 2.45) is 5.41 Å². The summed E-state index contributed by atoms with van der Waals surface area (Å²) in [6.07, 6.45) is 2.05. The Morgan fingerprint density at radius 1 is 1.27 bits per heavy atom. The van der Waals surface area contributed by atoms with Gasteiger partial charge < -0.3 is 9.47 Å². The number of methoxy groups -OCH3 is 2. The van der Waals surface area contributed by atoms with Gasteiger partial charge in [-0.1, -0.05) is 0 Å². The van der Waals surface area contributed by atoms with Crippen molar-refractivity contribution in [1.82, 2.24) is 0 Å². The second-order valence-electron chi connectivity index (χ2n) is 3.37. The third-order valence-electron chi connectivity index (χ3n) is 2.21. The Bertz CT molecular complexity index is 106. The van der Waals surface area contributed by atoms with Crippen molar-refractivity contribution < 1.29 is 9.47 Å². The fourth-order valence-electron chi connectivity index (χ4n) is 1.77. The summed E-state index contributed by atoms with van der Waals surface area (Å²) < 4.78 is 10.2. The fourth-order valence-corrected chi connectivity index (χ4v) is 2.42. The van der Waals surface area contributed by atoms with Crippen molar-refractivity contribution in [1.29, 1.82) is 0 Å². The maximum Gasteiger partial charge on any atom is 0.0541 e. The molecule has 0 radical (unpaired) electrons. The molecule has 0 aromatic carbocycles. The van der Waals surface area contributed by atoms with Gasteiger partial charge in [-0.3, -0.25) is 0 Å². The Balaban J connectivity index is 2.33. The zero-order valence-corrected chi connectivity index (χ0v) is 7.86. The summed E-state index contributed by atoms with van der Waals surface area (Å²) in [7, 11) is 3.44. The van der Waals surface area contributed by atoms with Crippen LogP contribution in [0.1, 0.15) is 12.8 Å². The SMILES string of the molecule is COCC1(COC)CC(Cl)C1. The second kappa shape index (κ2) is 3.74. The van der Waals surface area contributed by atoms with E-state index in [4.69, 9.17) is 21.1 Å². The molecule has 0 spiro atoms. The molecule has 0 saturated heterocycles. The van der Waals surface area contributed by atoms with Crippen molar-refractivity contribution in [3.63, 3.8) is 0 Å². The van der Waals surface area contributed by atoms with Crippen LogP contribution in [0.2, 0.25) is 0 Å². The van der Waals surface area contributed by atoms with E-state index in [1.54, 1.807) is 14.2 Å². The van der Waals surface area contributed by atoms with E-state index in [2.05, 4.69) is 0 Å². The van der Waals surface area contributed by atoms with E-state index in [0.29, 0.717) is 5.38 Å². The molecule has 0 amide bonds. The Labute approximate surface area is 72.8 Å². The minimum Gasteiger partial charge on any atom is -0.384 e. The minimum absolute atomic E-state index is 0.218. The van der Waals surface area contributed by atoms with Gasteiger partial charge in [-0.05, 0) is 12.8 Å². The Kier molecular flexibility index (Phi) is 3.16. The molecule has 0 bridgehead atoms. The highest BCUT2D eigenvalue weighted by molar-refractivity contribution is 6.21. The standard InChI is InChI=1S/C8H15ClO2/c1-10-5-8(6-11-2)3-7(9)4-8/h7H,3-6H2,1-2H3. The first-order chi connectivity index (χ1) is 5.22. The zero-order valence-electron chi connectivity index (χ0n) is 7.10. The van der Waals surface area contributed by atoms with Crippen molar-refractivity contribution in [2.45, 2.75) is 18.2 Å². The molecule has 2 nitrogen and oxygen atoms in total. The highest BCUT2D eigenvalue weighted by atomic mass is 35.5. The Morgan fingerprint density at radius 2 is 1.73 bits per heavy atom. The van der Waals surface area contributed by atoms with E-state index in [9.17, 15) is 0 Å². The van der Waals surface area contributed by atoms with Crippen LogP contribution in [0.5, 0.6) is 0 Å². The van der Waals surface area contributed by atoms with E-state index < -0.39 is 0 Å². The zero-order chi connectivity index (χ0) is 8.32. The molecule has 0 heterocycles. The van der Waals surface area contributed by atoms with Crippen molar-refractivity contribution in [3.05, 3.63) is 0 Å². The van der Waals surface area contributed by atoms with Crippen LogP contribution >= 0.6 is 11.6 Å². The number of halogens is 1. The quantitative estimate of drug-likeness (QED) is 0.610. The number of hydrogen-bond acceptors (Lipinski definition) is 2. The van der Waals surface area contributed by atoms with Gasteiger partial charge in [-0.15, -0.1) is 11.6 Å². The van der Waals surface area contributed by atoms with Gasteiger partial charge in [0.2, 0.25) is 0 Å². The van der Waals surface area contributed by atoms with E-state index in [0.717, 1.165) is 26.1 Å². The van der Waals surface area contributed by atoms with Crippen LogP contribution in [0.25, 0.3) is 0 Å². The third-order valence-corrected chi connectivity index (χ3v) is 2.52. The molecule has 0 unspecified atom stereocenters. The maximum absolute atomic E-state index is 5.89. The van der Waals surface area contributed by atoms with Crippen LogP contribution < -0.4 is 0 Å². The summed E-state index contributed by atoms with van der Waals surface area (Å²) >= 11 is 5.89. The molecule has 3 heteroatoms. The van der Waals surface area contributed by atoms with E-state index in [1.165, 1.54) is 0 Å². The van der Waals surface area contributed by atoms with Crippen molar-refractivity contribution in [2.75, 3.05) is 27.4 Å². The van der Waals surface area contributed by atoms with Crippen molar-refractivity contribution in [3.8, 4) is 0 Å². The lowest BCUT2D eigenvalue weighted by molar-refractivity contribution is -0.0383. The summed E-state index contributed by atoms with van der Waals surface area (Å²) in [5, 5.41) is 0.334. The normalized spacial score (nSPS) is 23.2. The first kappa shape index (κ1) is 9.30. The lowest BCUT2D eigenvalue weighted by Gasteiger charge is -2.44. The molecule has 66 valence electrons. The summed E-state index contributed by atoms with van der Waals surface area (Å²) in [5.74, 6) is 0. The smallest absolute Gasteiger partial charge is 0.0541 e. The van der Waals surface area contributed by atoms with Crippen LogP contribution in [0.3, 0.4) is 0 Å². The van der Waals surface area contributed by atoms with Crippen LogP contribution in [0.15, 0.2) is 0 Å². The van der Waals surface area contributed by atoms with Crippen LogP contribution in [0, 0.1) is 5.41 Å². The number of hydrogen-bond donors (Lipinski definition) is 0. The molecule has 1 aliphatic carbocycles. The molecule has 0 N–H and O–H groups in total. The first-order valence-electron chi connectivity index (χ1n) is 3.84. The molecule has 1 aliphatic rings. The Morgan fingerprint density at radius 3 is 2.00 bits per heavy atom. The molecule has 11 heavy (non-hydrogen) atoms. The third kappa shape index (κ3) is 2.08. The van der Waals surface area contributed by atoms with Crippen LogP contribution in [-0.4, -0.2) is 32.8 Å². The average molecular weight is 179 g/mol. The summed E-state index contributed by atoms with van der Waals surface area (Å²) in [5.41, 5.74) is 0.218. The maximum atomic E-state index is 5.89. The van der Waals surface area contributed by atoms with Crippen LogP contribution in [0.4, 0.5) is 0 Å². The second-order valence-corrected chi connectivity index (χ2v) is 3.99. The molecular formula is C8H15ClO2. The van der Waals surface area contributed by atoms with Gasteiger partial charge in [0.15, 0.2) is 0 Å². The monoisotopic (exact) mass is 178 g/mol. The number of alkyl halides is 1. The highest BCUT2D eigenvalue weighted by Gasteiger charge is 2.43. The van der Waals surface area contributed by atoms with Gasteiger partial charge in [-0.25, -0.2) is 0 Å². The van der Waals surface area contributed by atoms with Crippen LogP contribution in [-0.2, 0) is 9.47 Å². The predicted octanol–water partition coefficient (Wildman–Crippen LogP) is 1.67. The average Bonchev–Trinajstić information content (AvgIpc) is 1.86. The number of rotatable bonds is 4. The molecule has 0 atom stereocenters. The van der Waals surface area contributed by atoms with Gasteiger partial charge in [-0.2, -0.15) is 0 Å². The largest absolute Gasteiger partial charge is 0.384 e. The first-order valence-corrected chi connectivity index (χ1v) is 4.28. The topological polar surface area (TPSA) is 18.5 Å². The van der Waals surface area contributed by atoms with E-state index in [-0.39, 0.29) is 5.41 Å². The van der Waals surface area contributed by atoms with E-state index >= 15 is 0 Å². The van der Waals surface area contributed by atoms with E-state index in [1.807, 2.05) is 0 Å². The highest BCUT2D eigenvalue weighted by Crippen LogP contribution is 2.44. The molecule has 1 rings (SSSR count). The van der Waals surface area contributed by atoms with Crippen molar-refractivity contribution >= 4 is 11.6 Å². The predicted molar refractivity (Wildman–Crippen MR) is 45.1 cm³/mol. The van der Waals surface area contributed by atoms with Gasteiger partial charge >= 0.3 is 0 Å². The molecule has 0 aromatic rings. The van der Waals surface area contributed by atoms with Gasteiger partial charge in [0.1, 0.15) is 0 Å². The summed E-state index contributed by atoms with van der Waals surface area (Å²) in [6.45, 7) is 1.54. The lowest BCUT2D eigenvalue weighted by atomic mass is 9.69. The lowest BCUT2D eigenvalue weighted by Crippen LogP contribution is -2.45. The summed E-state index contributed by atoms with van der Waals surface area (Å²) in [4.78, 5) is 0. The molecule has 0 aliphatic heterocycles. The molecule has 1 saturated carbocycles. The summed E-state index contributed by atoms with van der Waals surface area (Å²) in [6, 6.07) is 0. The van der Waals surface area contributed by atoms with Gasteiger partial charge in [0.25, 0.3) is 0 Å². The molecule has 1 fully saturated rings. The van der Waals surface area contributed by atoms with Gasteiger partial charge in [0, 0.05) is 25.0 Å². The fraction of sp³-hybridized carbons (Fsp3) is 1.00.